The molecule has 4 rings (SSSR count). The highest BCUT2D eigenvalue weighted by Crippen LogP contribution is 2.23. The smallest absolute Gasteiger partial charge is 0.250 e. The molecule has 0 aliphatic carbocycles. The second kappa shape index (κ2) is 7.25. The molecule has 1 aliphatic rings. The number of pyridine rings is 1. The van der Waals surface area contributed by atoms with Crippen LogP contribution >= 0.6 is 11.3 Å². The van der Waals surface area contributed by atoms with Gasteiger partial charge in [0.2, 0.25) is 11.8 Å². The fraction of sp³-hybridized carbons (Fsp3) is 0.278. The summed E-state index contributed by atoms with van der Waals surface area (Å²) < 4.78 is 21.3. The number of fused-ring (bicyclic) bond motifs is 1. The Labute approximate surface area is 153 Å². The van der Waals surface area contributed by atoms with E-state index in [4.69, 9.17) is 4.74 Å². The van der Waals surface area contributed by atoms with E-state index in [0.717, 1.165) is 10.6 Å². The van der Waals surface area contributed by atoms with E-state index < -0.39 is 5.82 Å². The maximum Gasteiger partial charge on any atom is 0.250 e. The normalized spacial score (nSPS) is 16.3. The third-order valence-corrected chi connectivity index (χ3v) is 5.20. The highest BCUT2D eigenvalue weighted by molar-refractivity contribution is 7.10. The molecule has 1 atom stereocenters. The summed E-state index contributed by atoms with van der Waals surface area (Å²) >= 11 is 1.57. The summed E-state index contributed by atoms with van der Waals surface area (Å²) in [7, 11) is 0. The Morgan fingerprint density at radius 2 is 2.31 bits per heavy atom. The van der Waals surface area contributed by atoms with Gasteiger partial charge in [0.15, 0.2) is 5.82 Å². The monoisotopic (exact) mass is 372 g/mol. The molecule has 0 bridgehead atoms. The van der Waals surface area contributed by atoms with Gasteiger partial charge in [-0.2, -0.15) is 0 Å². The number of hydrogen-bond acceptors (Lipinski definition) is 5. The van der Waals surface area contributed by atoms with Gasteiger partial charge in [-0.05, 0) is 23.6 Å². The van der Waals surface area contributed by atoms with Crippen LogP contribution in [0.3, 0.4) is 0 Å². The zero-order chi connectivity index (χ0) is 17.9. The molecule has 0 unspecified atom stereocenters. The van der Waals surface area contributed by atoms with Gasteiger partial charge in [0.1, 0.15) is 6.61 Å². The van der Waals surface area contributed by atoms with Crippen LogP contribution in [0.2, 0.25) is 0 Å². The van der Waals surface area contributed by atoms with E-state index in [2.05, 4.69) is 9.97 Å². The summed E-state index contributed by atoms with van der Waals surface area (Å²) in [4.78, 5) is 23.6. The number of carbonyl (C=O) groups is 1. The van der Waals surface area contributed by atoms with E-state index in [-0.39, 0.29) is 24.4 Å². The van der Waals surface area contributed by atoms with E-state index in [1.165, 1.54) is 18.3 Å². The molecule has 134 valence electrons. The van der Waals surface area contributed by atoms with Crippen LogP contribution in [0, 0.1) is 5.82 Å². The fourth-order valence-corrected chi connectivity index (χ4v) is 3.73. The minimum Gasteiger partial charge on any atom is -0.473 e. The van der Waals surface area contributed by atoms with Gasteiger partial charge in [-0.1, -0.05) is 6.07 Å². The standard InChI is InChI=1S/C18H17FN4O2S/c19-16-4-1-5-21-18(16)25-11-14-10-22(9-13-8-20-12-23(13)14)17(24)7-15-3-2-6-26-15/h1-6,8,12,14H,7,9-11H2/t14-/m0/s1. The van der Waals surface area contributed by atoms with Crippen molar-refractivity contribution >= 4 is 17.2 Å². The number of aromatic nitrogens is 3. The van der Waals surface area contributed by atoms with Gasteiger partial charge in [0, 0.05) is 23.8 Å². The van der Waals surface area contributed by atoms with E-state index in [1.807, 2.05) is 22.1 Å². The van der Waals surface area contributed by atoms with Crippen molar-refractivity contribution in [1.29, 1.82) is 0 Å². The molecule has 1 aliphatic heterocycles. The minimum atomic E-state index is -0.500. The number of halogens is 1. The van der Waals surface area contributed by atoms with Crippen LogP contribution in [0.1, 0.15) is 16.6 Å². The van der Waals surface area contributed by atoms with Crippen LogP contribution in [0.15, 0.2) is 48.4 Å². The SMILES string of the molecule is O=C(Cc1cccs1)N1Cc2cncn2[C@H](COc2ncccc2F)C1. The molecule has 4 heterocycles. The molecular weight excluding hydrogens is 355 g/mol. The van der Waals surface area contributed by atoms with Crippen molar-refractivity contribution < 1.29 is 13.9 Å². The topological polar surface area (TPSA) is 60.2 Å². The van der Waals surface area contributed by atoms with Crippen LogP contribution in [0.25, 0.3) is 0 Å². The predicted octanol–water partition coefficient (Wildman–Crippen LogP) is 2.68. The summed E-state index contributed by atoms with van der Waals surface area (Å²) in [5.74, 6) is -0.468. The van der Waals surface area contributed by atoms with Crippen molar-refractivity contribution in [2.24, 2.45) is 0 Å². The number of ether oxygens (including phenoxy) is 1. The summed E-state index contributed by atoms with van der Waals surface area (Å²) in [6.07, 6.45) is 5.34. The molecule has 0 saturated carbocycles. The second-order valence-electron chi connectivity index (χ2n) is 6.08. The Morgan fingerprint density at radius 1 is 1.38 bits per heavy atom. The van der Waals surface area contributed by atoms with Gasteiger partial charge in [0.05, 0.1) is 31.0 Å². The molecule has 6 nitrogen and oxygen atoms in total. The van der Waals surface area contributed by atoms with Gasteiger partial charge in [-0.3, -0.25) is 4.79 Å². The molecule has 0 saturated heterocycles. The first-order valence-electron chi connectivity index (χ1n) is 8.25. The first-order valence-corrected chi connectivity index (χ1v) is 9.13. The van der Waals surface area contributed by atoms with E-state index in [1.54, 1.807) is 28.8 Å². The molecule has 8 heteroatoms. The van der Waals surface area contributed by atoms with Crippen LogP contribution in [0.5, 0.6) is 5.88 Å². The third-order valence-electron chi connectivity index (χ3n) is 4.32. The van der Waals surface area contributed by atoms with Crippen LogP contribution in [0.4, 0.5) is 4.39 Å². The van der Waals surface area contributed by atoms with E-state index >= 15 is 0 Å². The van der Waals surface area contributed by atoms with Crippen molar-refractivity contribution in [1.82, 2.24) is 19.4 Å². The number of amides is 1. The average molecular weight is 372 g/mol. The largest absolute Gasteiger partial charge is 0.473 e. The Bertz CT molecular complexity index is 896. The molecule has 0 spiro atoms. The number of carbonyl (C=O) groups excluding carboxylic acids is 1. The lowest BCUT2D eigenvalue weighted by Gasteiger charge is -2.34. The Hall–Kier alpha value is -2.74. The van der Waals surface area contributed by atoms with Gasteiger partial charge >= 0.3 is 0 Å². The van der Waals surface area contributed by atoms with Gasteiger partial charge in [0.25, 0.3) is 0 Å². The predicted molar refractivity (Wildman–Crippen MR) is 94.4 cm³/mol. The molecule has 3 aromatic rings. The van der Waals surface area contributed by atoms with Crippen molar-refractivity contribution in [2.75, 3.05) is 13.2 Å². The molecule has 0 fully saturated rings. The number of thiophene rings is 1. The van der Waals surface area contributed by atoms with E-state index in [9.17, 15) is 9.18 Å². The van der Waals surface area contributed by atoms with E-state index in [0.29, 0.717) is 19.5 Å². The third kappa shape index (κ3) is 3.45. The lowest BCUT2D eigenvalue weighted by atomic mass is 10.1. The number of imidazole rings is 1. The molecule has 1 amide bonds. The quantitative estimate of drug-likeness (QED) is 0.691. The zero-order valence-corrected chi connectivity index (χ0v) is 14.7. The number of hydrogen-bond donors (Lipinski definition) is 0. The van der Waals surface area contributed by atoms with Crippen molar-refractivity contribution in [3.63, 3.8) is 0 Å². The summed E-state index contributed by atoms with van der Waals surface area (Å²) in [5, 5.41) is 1.96. The molecule has 0 radical (unpaired) electrons. The van der Waals surface area contributed by atoms with Crippen molar-refractivity contribution in [3.8, 4) is 5.88 Å². The molecular formula is C18H17FN4O2S. The molecule has 0 N–H and O–H groups in total. The zero-order valence-electron chi connectivity index (χ0n) is 13.9. The Morgan fingerprint density at radius 3 is 3.12 bits per heavy atom. The number of nitrogens with zero attached hydrogens (tertiary/aromatic N) is 4. The highest BCUT2D eigenvalue weighted by atomic mass is 32.1. The number of rotatable bonds is 5. The summed E-state index contributed by atoms with van der Waals surface area (Å²) in [6, 6.07) is 6.58. The first kappa shape index (κ1) is 16.7. The molecule has 26 heavy (non-hydrogen) atoms. The first-order chi connectivity index (χ1) is 12.7. The fourth-order valence-electron chi connectivity index (χ4n) is 3.04. The Balaban J connectivity index is 1.47. The van der Waals surface area contributed by atoms with Crippen LogP contribution in [-0.2, 0) is 17.8 Å². The maximum atomic E-state index is 13.7. The maximum absolute atomic E-state index is 13.7. The summed E-state index contributed by atoms with van der Waals surface area (Å²) in [5.41, 5.74) is 0.936. The lowest BCUT2D eigenvalue weighted by Crippen LogP contribution is -2.43. The van der Waals surface area contributed by atoms with Gasteiger partial charge in [-0.15, -0.1) is 11.3 Å². The van der Waals surface area contributed by atoms with Crippen LogP contribution in [-0.4, -0.2) is 38.5 Å². The molecule has 3 aromatic heterocycles. The van der Waals surface area contributed by atoms with Crippen LogP contribution < -0.4 is 4.74 Å². The highest BCUT2D eigenvalue weighted by Gasteiger charge is 2.28. The van der Waals surface area contributed by atoms with Crippen molar-refractivity contribution in [2.45, 2.75) is 19.0 Å². The van der Waals surface area contributed by atoms with Crippen molar-refractivity contribution in [3.05, 3.63) is 64.8 Å². The summed E-state index contributed by atoms with van der Waals surface area (Å²) in [6.45, 7) is 1.21. The van der Waals surface area contributed by atoms with Gasteiger partial charge in [-0.25, -0.2) is 14.4 Å². The average Bonchev–Trinajstić information content (AvgIpc) is 3.32. The lowest BCUT2D eigenvalue weighted by molar-refractivity contribution is -0.132. The Kier molecular flexibility index (Phi) is 4.66. The molecule has 0 aromatic carbocycles. The minimum absolute atomic E-state index is 0.0313. The second-order valence-corrected chi connectivity index (χ2v) is 7.11. The van der Waals surface area contributed by atoms with Gasteiger partial charge < -0.3 is 14.2 Å².